The lowest BCUT2D eigenvalue weighted by Crippen LogP contribution is -2.47. The van der Waals surface area contributed by atoms with Gasteiger partial charge < -0.3 is 5.11 Å². The van der Waals surface area contributed by atoms with Crippen LogP contribution in [0, 0.1) is 11.3 Å². The lowest BCUT2D eigenvalue weighted by Gasteiger charge is -2.29. The van der Waals surface area contributed by atoms with Gasteiger partial charge in [-0.2, -0.15) is 17.0 Å². The van der Waals surface area contributed by atoms with E-state index in [4.69, 9.17) is 5.11 Å². The van der Waals surface area contributed by atoms with Crippen LogP contribution in [0.4, 0.5) is 0 Å². The molecule has 0 aliphatic heterocycles. The maximum Gasteiger partial charge on any atom is 0.106 e. The molecule has 4 heteroatoms. The predicted octanol–water partition coefficient (Wildman–Crippen LogP) is 2.55. The molecular weight excluding hydrogens is 232 g/mol. The minimum Gasteiger partial charge on any atom is -0.395 e. The zero-order chi connectivity index (χ0) is 13.3. The van der Waals surface area contributed by atoms with Crippen LogP contribution in [0.25, 0.3) is 0 Å². The minimum atomic E-state index is -0.378. The maximum absolute atomic E-state index is 9.32. The molecule has 0 bridgehead atoms. The van der Waals surface area contributed by atoms with Crippen LogP contribution in [0.1, 0.15) is 47.0 Å². The summed E-state index contributed by atoms with van der Waals surface area (Å²) >= 11 is 1.77. The summed E-state index contributed by atoms with van der Waals surface area (Å²) in [5.41, 5.74) is -0.378. The summed E-state index contributed by atoms with van der Waals surface area (Å²) in [5.74, 6) is 1.00. The van der Waals surface area contributed by atoms with Crippen molar-refractivity contribution in [2.75, 3.05) is 12.4 Å². The van der Waals surface area contributed by atoms with E-state index in [1.165, 1.54) is 0 Å². The third kappa shape index (κ3) is 6.92. The van der Waals surface area contributed by atoms with E-state index in [9.17, 15) is 5.26 Å². The fraction of sp³-hybridized carbons (Fsp3) is 0.923. The van der Waals surface area contributed by atoms with Crippen LogP contribution in [0.3, 0.4) is 0 Å². The number of nitrogens with zero attached hydrogens (tertiary/aromatic N) is 1. The highest BCUT2D eigenvalue weighted by atomic mass is 32.2. The van der Waals surface area contributed by atoms with Gasteiger partial charge in [0.05, 0.1) is 12.7 Å². The van der Waals surface area contributed by atoms with E-state index < -0.39 is 0 Å². The van der Waals surface area contributed by atoms with Gasteiger partial charge in [0.15, 0.2) is 0 Å². The molecule has 17 heavy (non-hydrogen) atoms. The van der Waals surface area contributed by atoms with Crippen molar-refractivity contribution in [3.05, 3.63) is 0 Å². The van der Waals surface area contributed by atoms with Crippen LogP contribution in [-0.4, -0.2) is 34.3 Å². The molecule has 0 radical (unpaired) electrons. The summed E-state index contributed by atoms with van der Waals surface area (Å²) in [5, 5.41) is 21.9. The van der Waals surface area contributed by atoms with E-state index in [1.807, 2.05) is 6.92 Å². The van der Waals surface area contributed by atoms with Gasteiger partial charge in [0.1, 0.15) is 5.54 Å². The Bertz CT molecular complexity index is 240. The highest BCUT2D eigenvalue weighted by Gasteiger charge is 2.27. The largest absolute Gasteiger partial charge is 0.395 e. The summed E-state index contributed by atoms with van der Waals surface area (Å²) in [6, 6.07) is 2.76. The normalized spacial score (nSPS) is 16.5. The lowest BCUT2D eigenvalue weighted by atomic mass is 9.91. The molecule has 2 unspecified atom stereocenters. The second-order valence-electron chi connectivity index (χ2n) is 4.81. The molecular formula is C13H26N2OS. The number of aliphatic hydroxyl groups is 1. The van der Waals surface area contributed by atoms with E-state index in [2.05, 4.69) is 32.2 Å². The third-order valence-electron chi connectivity index (χ3n) is 2.79. The Labute approximate surface area is 110 Å². The van der Waals surface area contributed by atoms with E-state index in [0.29, 0.717) is 11.3 Å². The first-order valence-electron chi connectivity index (χ1n) is 6.41. The highest BCUT2D eigenvalue weighted by molar-refractivity contribution is 7.99. The van der Waals surface area contributed by atoms with Crippen LogP contribution in [0.2, 0.25) is 0 Å². The van der Waals surface area contributed by atoms with Crippen LogP contribution in [0.15, 0.2) is 0 Å². The van der Waals surface area contributed by atoms with Crippen molar-refractivity contribution in [2.24, 2.45) is 0 Å². The van der Waals surface area contributed by atoms with Gasteiger partial charge in [-0.1, -0.05) is 13.8 Å². The van der Waals surface area contributed by atoms with Gasteiger partial charge in [0.25, 0.3) is 0 Å². The van der Waals surface area contributed by atoms with Crippen molar-refractivity contribution < 1.29 is 5.11 Å². The first-order valence-corrected chi connectivity index (χ1v) is 7.46. The van der Waals surface area contributed by atoms with E-state index >= 15 is 0 Å². The van der Waals surface area contributed by atoms with E-state index in [0.717, 1.165) is 25.0 Å². The summed E-state index contributed by atoms with van der Waals surface area (Å²) in [7, 11) is 0. The molecule has 0 aromatic heterocycles. The number of hydrogen-bond donors (Lipinski definition) is 2. The average Bonchev–Trinajstić information content (AvgIpc) is 2.32. The molecule has 0 rings (SSSR count). The third-order valence-corrected chi connectivity index (χ3v) is 4.03. The standard InChI is InChI=1S/C13H26N2OS/c1-5-13(10-14,15-11(2)3)7-6-8-17-12(4)9-16/h11-12,15-16H,5-9H2,1-4H3. The molecule has 2 atom stereocenters. The highest BCUT2D eigenvalue weighted by Crippen LogP contribution is 2.20. The van der Waals surface area contributed by atoms with Crippen LogP contribution in [0.5, 0.6) is 0 Å². The van der Waals surface area contributed by atoms with Gasteiger partial charge >= 0.3 is 0 Å². The van der Waals surface area contributed by atoms with E-state index in [-0.39, 0.29) is 12.1 Å². The van der Waals surface area contributed by atoms with Gasteiger partial charge in [0, 0.05) is 11.3 Å². The molecule has 3 nitrogen and oxygen atoms in total. The molecule has 0 aliphatic rings. The smallest absolute Gasteiger partial charge is 0.106 e. The maximum atomic E-state index is 9.32. The monoisotopic (exact) mass is 258 g/mol. The van der Waals surface area contributed by atoms with Crippen molar-refractivity contribution in [3.8, 4) is 6.07 Å². The molecule has 0 spiro atoms. The summed E-state index contributed by atoms with van der Waals surface area (Å²) < 4.78 is 0. The van der Waals surface area contributed by atoms with Crippen molar-refractivity contribution >= 4 is 11.8 Å². The van der Waals surface area contributed by atoms with Crippen molar-refractivity contribution in [3.63, 3.8) is 0 Å². The minimum absolute atomic E-state index is 0.228. The molecule has 0 fully saturated rings. The number of thioether (sulfide) groups is 1. The van der Waals surface area contributed by atoms with E-state index in [1.54, 1.807) is 11.8 Å². The molecule has 2 N–H and O–H groups in total. The van der Waals surface area contributed by atoms with Gasteiger partial charge in [-0.15, -0.1) is 0 Å². The van der Waals surface area contributed by atoms with Crippen LogP contribution < -0.4 is 5.32 Å². The number of nitriles is 1. The number of nitrogens with one attached hydrogen (secondary N) is 1. The Hall–Kier alpha value is -0.240. The summed E-state index contributed by atoms with van der Waals surface area (Å²) in [6.07, 6.45) is 2.72. The molecule has 0 aromatic rings. The zero-order valence-electron chi connectivity index (χ0n) is 11.5. The molecule has 100 valence electrons. The molecule has 0 heterocycles. The Kier molecular flexibility index (Phi) is 8.67. The molecule has 0 aliphatic carbocycles. The topological polar surface area (TPSA) is 56.0 Å². The second-order valence-corrected chi connectivity index (χ2v) is 6.36. The molecule has 0 amide bonds. The second kappa shape index (κ2) is 8.79. The molecule has 0 saturated heterocycles. The fourth-order valence-corrected chi connectivity index (χ4v) is 2.60. The first-order chi connectivity index (χ1) is 7.99. The fourth-order valence-electron chi connectivity index (χ4n) is 1.78. The van der Waals surface area contributed by atoms with Crippen molar-refractivity contribution in [1.29, 1.82) is 5.26 Å². The van der Waals surface area contributed by atoms with Gasteiger partial charge in [0.2, 0.25) is 0 Å². The first kappa shape index (κ1) is 16.8. The Balaban J connectivity index is 4.06. The number of aliphatic hydroxyl groups excluding tert-OH is 1. The Morgan fingerprint density at radius 3 is 2.47 bits per heavy atom. The SMILES string of the molecule is CCC(C#N)(CCCSC(C)CO)NC(C)C. The Morgan fingerprint density at radius 2 is 2.06 bits per heavy atom. The molecule has 0 aromatic carbocycles. The quantitative estimate of drug-likeness (QED) is 0.624. The summed E-state index contributed by atoms with van der Waals surface area (Å²) in [4.78, 5) is 0. The molecule has 0 saturated carbocycles. The number of hydrogen-bond acceptors (Lipinski definition) is 4. The van der Waals surface area contributed by atoms with Crippen LogP contribution >= 0.6 is 11.8 Å². The van der Waals surface area contributed by atoms with Crippen LogP contribution in [-0.2, 0) is 0 Å². The predicted molar refractivity (Wildman–Crippen MR) is 75.1 cm³/mol. The number of rotatable bonds is 9. The van der Waals surface area contributed by atoms with Gasteiger partial charge in [-0.3, -0.25) is 5.32 Å². The van der Waals surface area contributed by atoms with Gasteiger partial charge in [-0.25, -0.2) is 0 Å². The van der Waals surface area contributed by atoms with Crippen molar-refractivity contribution in [1.82, 2.24) is 5.32 Å². The summed E-state index contributed by atoms with van der Waals surface area (Å²) in [6.45, 7) is 8.46. The zero-order valence-corrected chi connectivity index (χ0v) is 12.3. The lowest BCUT2D eigenvalue weighted by molar-refractivity contribution is 0.300. The van der Waals surface area contributed by atoms with Crippen molar-refractivity contribution in [2.45, 2.75) is 63.8 Å². The van der Waals surface area contributed by atoms with Gasteiger partial charge in [-0.05, 0) is 38.9 Å². The Morgan fingerprint density at radius 1 is 1.41 bits per heavy atom. The average molecular weight is 258 g/mol.